The van der Waals surface area contributed by atoms with Crippen molar-refractivity contribution in [2.45, 2.75) is 25.8 Å². The Labute approximate surface area is 136 Å². The fraction of sp³-hybridized carbons (Fsp3) is 0.316. The lowest BCUT2D eigenvalue weighted by Gasteiger charge is -2.26. The maximum Gasteiger partial charge on any atom is 0.223 e. The molecule has 0 N–H and O–H groups in total. The molecule has 23 heavy (non-hydrogen) atoms. The monoisotopic (exact) mass is 315 g/mol. The van der Waals surface area contributed by atoms with E-state index in [0.29, 0.717) is 12.8 Å². The number of carbonyl (C=O) groups is 1. The van der Waals surface area contributed by atoms with Crippen LogP contribution in [-0.4, -0.2) is 25.0 Å². The summed E-state index contributed by atoms with van der Waals surface area (Å²) >= 11 is 0. The van der Waals surface area contributed by atoms with Crippen LogP contribution < -0.4 is 4.74 Å². The second kappa shape index (κ2) is 7.77. The molecule has 0 aromatic heterocycles. The second-order valence-corrected chi connectivity index (χ2v) is 5.55. The van der Waals surface area contributed by atoms with E-state index < -0.39 is 0 Å². The smallest absolute Gasteiger partial charge is 0.223 e. The maximum absolute atomic E-state index is 12.9. The molecule has 122 valence electrons. The van der Waals surface area contributed by atoms with Crippen LogP contribution in [-0.2, 0) is 11.2 Å². The van der Waals surface area contributed by atoms with Crippen molar-refractivity contribution in [2.75, 3.05) is 14.2 Å². The standard InChI is InChI=1S/C19H22FNO2/c1-14(17-6-4-5-7-18(17)23-3)21(2)19(22)13-10-15-8-11-16(20)12-9-15/h4-9,11-12,14H,10,13H2,1-3H3. The van der Waals surface area contributed by atoms with Crippen molar-refractivity contribution in [1.82, 2.24) is 4.90 Å². The van der Waals surface area contributed by atoms with Crippen molar-refractivity contribution < 1.29 is 13.9 Å². The van der Waals surface area contributed by atoms with E-state index in [2.05, 4.69) is 0 Å². The average Bonchev–Trinajstić information content (AvgIpc) is 2.59. The predicted octanol–water partition coefficient (Wildman–Crippen LogP) is 3.99. The second-order valence-electron chi connectivity index (χ2n) is 5.55. The van der Waals surface area contributed by atoms with E-state index in [9.17, 15) is 9.18 Å². The van der Waals surface area contributed by atoms with Crippen molar-refractivity contribution in [3.05, 3.63) is 65.5 Å². The first-order valence-corrected chi connectivity index (χ1v) is 7.66. The lowest BCUT2D eigenvalue weighted by Crippen LogP contribution is -2.30. The Bertz CT molecular complexity index is 655. The fourth-order valence-electron chi connectivity index (χ4n) is 2.51. The Balaban J connectivity index is 1.99. The van der Waals surface area contributed by atoms with Gasteiger partial charge >= 0.3 is 0 Å². The number of amides is 1. The molecule has 0 bridgehead atoms. The van der Waals surface area contributed by atoms with E-state index in [1.807, 2.05) is 31.2 Å². The van der Waals surface area contributed by atoms with Crippen LogP contribution in [0.2, 0.25) is 0 Å². The predicted molar refractivity (Wildman–Crippen MR) is 88.9 cm³/mol. The van der Waals surface area contributed by atoms with Gasteiger partial charge in [-0.1, -0.05) is 30.3 Å². The van der Waals surface area contributed by atoms with Gasteiger partial charge in [0, 0.05) is 19.0 Å². The van der Waals surface area contributed by atoms with Gasteiger partial charge in [-0.05, 0) is 37.1 Å². The molecule has 0 aliphatic carbocycles. The molecule has 0 fully saturated rings. The Morgan fingerprint density at radius 1 is 1.17 bits per heavy atom. The van der Waals surface area contributed by atoms with Gasteiger partial charge in [0.2, 0.25) is 5.91 Å². The number of carbonyl (C=O) groups excluding carboxylic acids is 1. The topological polar surface area (TPSA) is 29.5 Å². The highest BCUT2D eigenvalue weighted by atomic mass is 19.1. The molecule has 0 aliphatic heterocycles. The first-order valence-electron chi connectivity index (χ1n) is 7.66. The molecule has 2 aromatic carbocycles. The summed E-state index contributed by atoms with van der Waals surface area (Å²) < 4.78 is 18.3. The molecule has 2 rings (SSSR count). The summed E-state index contributed by atoms with van der Waals surface area (Å²) in [6.07, 6.45) is 0.990. The lowest BCUT2D eigenvalue weighted by atomic mass is 10.0. The Morgan fingerprint density at radius 2 is 1.83 bits per heavy atom. The van der Waals surface area contributed by atoms with Crippen molar-refractivity contribution in [2.24, 2.45) is 0 Å². The first-order chi connectivity index (χ1) is 11.0. The van der Waals surface area contributed by atoms with Gasteiger partial charge in [0.25, 0.3) is 0 Å². The maximum atomic E-state index is 12.9. The molecule has 0 radical (unpaired) electrons. The third-order valence-electron chi connectivity index (χ3n) is 4.10. The number of nitrogens with zero attached hydrogens (tertiary/aromatic N) is 1. The van der Waals surface area contributed by atoms with E-state index >= 15 is 0 Å². The number of aryl methyl sites for hydroxylation is 1. The summed E-state index contributed by atoms with van der Waals surface area (Å²) in [5.74, 6) is 0.563. The molecule has 3 nitrogen and oxygen atoms in total. The quantitative estimate of drug-likeness (QED) is 0.807. The zero-order chi connectivity index (χ0) is 16.8. The summed E-state index contributed by atoms with van der Waals surface area (Å²) in [7, 11) is 3.42. The van der Waals surface area contributed by atoms with Gasteiger partial charge in [0.05, 0.1) is 13.2 Å². The van der Waals surface area contributed by atoms with Gasteiger partial charge in [0.1, 0.15) is 11.6 Å². The summed E-state index contributed by atoms with van der Waals surface area (Å²) in [5.41, 5.74) is 1.94. The summed E-state index contributed by atoms with van der Waals surface area (Å²) in [4.78, 5) is 14.1. The Morgan fingerprint density at radius 3 is 2.48 bits per heavy atom. The van der Waals surface area contributed by atoms with Gasteiger partial charge in [-0.15, -0.1) is 0 Å². The summed E-state index contributed by atoms with van der Waals surface area (Å²) in [6, 6.07) is 13.9. The normalized spacial score (nSPS) is 11.8. The zero-order valence-corrected chi connectivity index (χ0v) is 13.8. The first kappa shape index (κ1) is 17.0. The molecule has 0 saturated heterocycles. The van der Waals surface area contributed by atoms with Crippen LogP contribution in [0, 0.1) is 5.82 Å². The Hall–Kier alpha value is -2.36. The van der Waals surface area contributed by atoms with Crippen LogP contribution >= 0.6 is 0 Å². The van der Waals surface area contributed by atoms with Crippen molar-refractivity contribution in [1.29, 1.82) is 0 Å². The molecule has 0 saturated carbocycles. The molecule has 1 unspecified atom stereocenters. The fourth-order valence-corrected chi connectivity index (χ4v) is 2.51. The minimum absolute atomic E-state index is 0.0488. The van der Waals surface area contributed by atoms with E-state index in [1.165, 1.54) is 12.1 Å². The van der Waals surface area contributed by atoms with Crippen molar-refractivity contribution in [3.63, 3.8) is 0 Å². The number of benzene rings is 2. The van der Waals surface area contributed by atoms with Gasteiger partial charge in [0.15, 0.2) is 0 Å². The van der Waals surface area contributed by atoms with E-state index in [1.54, 1.807) is 31.2 Å². The molecule has 2 aromatic rings. The molecule has 1 amide bonds. The molecule has 0 heterocycles. The molecular weight excluding hydrogens is 293 g/mol. The number of rotatable bonds is 6. The van der Waals surface area contributed by atoms with Crippen LogP contribution in [0.15, 0.2) is 48.5 Å². The molecule has 4 heteroatoms. The SMILES string of the molecule is COc1ccccc1C(C)N(C)C(=O)CCc1ccc(F)cc1. The highest BCUT2D eigenvalue weighted by Gasteiger charge is 2.19. The minimum atomic E-state index is -0.262. The number of ether oxygens (including phenoxy) is 1. The molecule has 0 spiro atoms. The molecule has 0 aliphatic rings. The number of hydrogen-bond donors (Lipinski definition) is 0. The third-order valence-corrected chi connectivity index (χ3v) is 4.10. The van der Waals surface area contributed by atoms with Gasteiger partial charge in [-0.3, -0.25) is 4.79 Å². The number of methoxy groups -OCH3 is 1. The van der Waals surface area contributed by atoms with Gasteiger partial charge in [-0.2, -0.15) is 0 Å². The third kappa shape index (κ3) is 4.31. The molecule has 1 atom stereocenters. The van der Waals surface area contributed by atoms with E-state index in [0.717, 1.165) is 16.9 Å². The zero-order valence-electron chi connectivity index (χ0n) is 13.8. The highest BCUT2D eigenvalue weighted by Crippen LogP contribution is 2.28. The van der Waals surface area contributed by atoms with Crippen LogP contribution in [0.5, 0.6) is 5.75 Å². The van der Waals surface area contributed by atoms with Crippen LogP contribution in [0.4, 0.5) is 4.39 Å². The van der Waals surface area contributed by atoms with Crippen molar-refractivity contribution >= 4 is 5.91 Å². The molecular formula is C19H22FNO2. The summed E-state index contributed by atoms with van der Waals surface area (Å²) in [5, 5.41) is 0. The van der Waals surface area contributed by atoms with Crippen LogP contribution in [0.1, 0.15) is 30.5 Å². The average molecular weight is 315 g/mol. The minimum Gasteiger partial charge on any atom is -0.496 e. The van der Waals surface area contributed by atoms with E-state index in [4.69, 9.17) is 4.74 Å². The summed E-state index contributed by atoms with van der Waals surface area (Å²) in [6.45, 7) is 1.98. The Kier molecular flexibility index (Phi) is 5.74. The number of para-hydroxylation sites is 1. The lowest BCUT2D eigenvalue weighted by molar-refractivity contribution is -0.131. The largest absolute Gasteiger partial charge is 0.496 e. The number of halogens is 1. The van der Waals surface area contributed by atoms with Crippen LogP contribution in [0.3, 0.4) is 0 Å². The van der Waals surface area contributed by atoms with E-state index in [-0.39, 0.29) is 17.8 Å². The van der Waals surface area contributed by atoms with Gasteiger partial charge in [-0.25, -0.2) is 4.39 Å². The number of hydrogen-bond acceptors (Lipinski definition) is 2. The van der Waals surface area contributed by atoms with Crippen LogP contribution in [0.25, 0.3) is 0 Å². The highest BCUT2D eigenvalue weighted by molar-refractivity contribution is 5.76. The van der Waals surface area contributed by atoms with Gasteiger partial charge < -0.3 is 9.64 Å². The van der Waals surface area contributed by atoms with Crippen molar-refractivity contribution in [3.8, 4) is 5.75 Å².